The first kappa shape index (κ1) is 13.4. The predicted octanol–water partition coefficient (Wildman–Crippen LogP) is -3.46. The van der Waals surface area contributed by atoms with E-state index in [0.29, 0.717) is 5.46 Å². The summed E-state index contributed by atoms with van der Waals surface area (Å²) in [6.07, 6.45) is 0. The van der Waals surface area contributed by atoms with Gasteiger partial charge in [0, 0.05) is 0 Å². The first-order valence-corrected chi connectivity index (χ1v) is 3.54. The van der Waals surface area contributed by atoms with E-state index in [1.54, 1.807) is 25.1 Å². The van der Waals surface area contributed by atoms with Gasteiger partial charge in [-0.3, -0.25) is 0 Å². The van der Waals surface area contributed by atoms with Gasteiger partial charge in [0.15, 0.2) is 0 Å². The van der Waals surface area contributed by atoms with Gasteiger partial charge in [0.1, 0.15) is 0 Å². The molecule has 0 aromatic heterocycles. The summed E-state index contributed by atoms with van der Waals surface area (Å²) in [5, 5.41) is 17.5. The van der Waals surface area contributed by atoms with E-state index in [1.165, 1.54) is 0 Å². The van der Waals surface area contributed by atoms with Crippen molar-refractivity contribution in [1.82, 2.24) is 0 Å². The summed E-state index contributed by atoms with van der Waals surface area (Å²) in [5.41, 5.74) is 1.18. The molecule has 0 atom stereocenters. The van der Waals surface area contributed by atoms with Crippen LogP contribution in [0.3, 0.4) is 0 Å². The third-order valence-electron chi connectivity index (χ3n) is 1.38. The molecular formula is C9H8BKO2. The van der Waals surface area contributed by atoms with Gasteiger partial charge < -0.3 is 10.0 Å². The van der Waals surface area contributed by atoms with Crippen molar-refractivity contribution in [2.24, 2.45) is 0 Å². The van der Waals surface area contributed by atoms with Gasteiger partial charge in [-0.25, -0.2) is 0 Å². The summed E-state index contributed by atoms with van der Waals surface area (Å²) in [7, 11) is -1.45. The van der Waals surface area contributed by atoms with E-state index in [4.69, 9.17) is 10.0 Å². The first-order valence-electron chi connectivity index (χ1n) is 3.54. The zero-order valence-electron chi connectivity index (χ0n) is 7.70. The van der Waals surface area contributed by atoms with Crippen molar-refractivity contribution < 1.29 is 61.4 Å². The van der Waals surface area contributed by atoms with E-state index >= 15 is 0 Å². The van der Waals surface area contributed by atoms with Crippen molar-refractivity contribution in [3.8, 4) is 11.8 Å². The molecule has 0 saturated heterocycles. The van der Waals surface area contributed by atoms with Crippen LogP contribution >= 0.6 is 0 Å². The van der Waals surface area contributed by atoms with Gasteiger partial charge in [-0.1, -0.05) is 5.56 Å². The van der Waals surface area contributed by atoms with Gasteiger partial charge in [0.05, 0.1) is 0 Å². The smallest absolute Gasteiger partial charge is 0.425 e. The third kappa shape index (κ3) is 4.43. The zero-order chi connectivity index (χ0) is 8.97. The van der Waals surface area contributed by atoms with Gasteiger partial charge in [-0.15, -0.1) is 17.3 Å². The fourth-order valence-electron chi connectivity index (χ4n) is 0.820. The molecule has 1 aromatic carbocycles. The molecule has 1 rings (SSSR count). The second-order valence-corrected chi connectivity index (χ2v) is 2.28. The topological polar surface area (TPSA) is 40.5 Å². The Kier molecular flexibility index (Phi) is 7.01. The normalized spacial score (nSPS) is 7.92. The van der Waals surface area contributed by atoms with Crippen LogP contribution in [-0.4, -0.2) is 17.2 Å². The van der Waals surface area contributed by atoms with Crippen molar-refractivity contribution in [3.63, 3.8) is 0 Å². The maximum atomic E-state index is 8.73. The van der Waals surface area contributed by atoms with Crippen molar-refractivity contribution in [2.45, 2.75) is 6.92 Å². The molecule has 0 spiro atoms. The second-order valence-electron chi connectivity index (χ2n) is 2.28. The van der Waals surface area contributed by atoms with Crippen LogP contribution in [-0.2, 0) is 0 Å². The van der Waals surface area contributed by atoms with Gasteiger partial charge in [-0.2, -0.15) is 24.3 Å². The molecule has 4 heteroatoms. The summed E-state index contributed by atoms with van der Waals surface area (Å²) >= 11 is 0. The first-order chi connectivity index (χ1) is 5.74. The van der Waals surface area contributed by atoms with E-state index in [-0.39, 0.29) is 51.4 Å². The van der Waals surface area contributed by atoms with Crippen LogP contribution in [0.4, 0.5) is 0 Å². The van der Waals surface area contributed by atoms with Crippen LogP contribution in [0.25, 0.3) is 0 Å². The van der Waals surface area contributed by atoms with Crippen molar-refractivity contribution >= 4 is 12.6 Å². The number of hydrogen-bond donors (Lipinski definition) is 2. The van der Waals surface area contributed by atoms with E-state index in [0.717, 1.165) is 5.56 Å². The molecular weight excluding hydrogens is 190 g/mol. The molecule has 13 heavy (non-hydrogen) atoms. The summed E-state index contributed by atoms with van der Waals surface area (Å²) in [6, 6.07) is 7.66. The van der Waals surface area contributed by atoms with Crippen LogP contribution in [0.1, 0.15) is 12.5 Å². The van der Waals surface area contributed by atoms with E-state index in [9.17, 15) is 0 Å². The van der Waals surface area contributed by atoms with E-state index in [1.807, 2.05) is 0 Å². The second kappa shape index (κ2) is 6.80. The maximum absolute atomic E-state index is 8.73. The Morgan fingerprint density at radius 1 is 1.38 bits per heavy atom. The van der Waals surface area contributed by atoms with E-state index in [2.05, 4.69) is 17.9 Å². The van der Waals surface area contributed by atoms with Crippen LogP contribution in [0.5, 0.6) is 0 Å². The summed E-state index contributed by atoms with van der Waals surface area (Å²) in [4.78, 5) is 0. The van der Waals surface area contributed by atoms with Crippen LogP contribution in [0.15, 0.2) is 18.2 Å². The quantitative estimate of drug-likeness (QED) is 0.280. The Morgan fingerprint density at radius 3 is 2.46 bits per heavy atom. The Balaban J connectivity index is 0.00000144. The zero-order valence-corrected chi connectivity index (χ0v) is 10.8. The Labute approximate surface area is 121 Å². The molecule has 1 aromatic rings. The monoisotopic (exact) mass is 198 g/mol. The SMILES string of the molecule is CC#Cc1c[c-]c(B(O)O)cc1.[K+]. The fraction of sp³-hybridized carbons (Fsp3) is 0.111. The molecule has 0 aliphatic heterocycles. The largest absolute Gasteiger partial charge is 1.00 e. The molecule has 2 N–H and O–H groups in total. The average Bonchev–Trinajstić information content (AvgIpc) is 2.06. The summed E-state index contributed by atoms with van der Waals surface area (Å²) in [6.45, 7) is 1.74. The molecule has 0 bridgehead atoms. The van der Waals surface area contributed by atoms with Gasteiger partial charge in [0.2, 0.25) is 0 Å². The third-order valence-corrected chi connectivity index (χ3v) is 1.38. The minimum Gasteiger partial charge on any atom is -0.425 e. The van der Waals surface area contributed by atoms with E-state index < -0.39 is 7.12 Å². The van der Waals surface area contributed by atoms with Gasteiger partial charge in [-0.05, 0) is 6.92 Å². The predicted molar refractivity (Wildman–Crippen MR) is 47.7 cm³/mol. The van der Waals surface area contributed by atoms with Crippen LogP contribution < -0.4 is 56.8 Å². The van der Waals surface area contributed by atoms with Crippen molar-refractivity contribution in [1.29, 1.82) is 0 Å². The molecule has 2 nitrogen and oxygen atoms in total. The minimum absolute atomic E-state index is 0. The minimum atomic E-state index is -1.45. The molecule has 60 valence electrons. The summed E-state index contributed by atoms with van der Waals surface area (Å²) < 4.78 is 0. The Morgan fingerprint density at radius 2 is 2.08 bits per heavy atom. The molecule has 0 aliphatic carbocycles. The Hall–Kier alpha value is 0.401. The van der Waals surface area contributed by atoms with Gasteiger partial charge in [0.25, 0.3) is 0 Å². The summed E-state index contributed by atoms with van der Waals surface area (Å²) in [5.74, 6) is 5.57. The molecule has 0 heterocycles. The average molecular weight is 198 g/mol. The van der Waals surface area contributed by atoms with Crippen LogP contribution in [0, 0.1) is 17.9 Å². The molecule has 0 fully saturated rings. The van der Waals surface area contributed by atoms with Crippen LogP contribution in [0.2, 0.25) is 0 Å². The number of benzene rings is 1. The maximum Gasteiger partial charge on any atom is 1.00 e. The standard InChI is InChI=1S/C9H8BO2.K/c1-2-3-8-4-6-9(7-5-8)10(11)12;/h4-6,11-12H,1H3;/q-1;+1. The molecule has 0 radical (unpaired) electrons. The number of hydrogen-bond acceptors (Lipinski definition) is 2. The Bertz CT molecular complexity index is 311. The molecule has 0 unspecified atom stereocenters. The fourth-order valence-corrected chi connectivity index (χ4v) is 0.820. The molecule has 0 amide bonds. The number of rotatable bonds is 1. The van der Waals surface area contributed by atoms with Crippen molar-refractivity contribution in [2.75, 3.05) is 0 Å². The van der Waals surface area contributed by atoms with Crippen molar-refractivity contribution in [3.05, 3.63) is 29.8 Å². The molecule has 0 aliphatic rings. The van der Waals surface area contributed by atoms with Gasteiger partial charge >= 0.3 is 58.5 Å². The molecule has 0 saturated carbocycles.